The molecule has 1 fully saturated rings. The molecule has 1 saturated heterocycles. The lowest BCUT2D eigenvalue weighted by Gasteiger charge is -2.13. The maximum Gasteiger partial charge on any atom is 0.270 e. The fourth-order valence-corrected chi connectivity index (χ4v) is 1.56. The second-order valence-electron chi connectivity index (χ2n) is 3.28. The number of carbonyl (C=O) groups excluding carboxylic acids is 1. The quantitative estimate of drug-likeness (QED) is 0.649. The summed E-state index contributed by atoms with van der Waals surface area (Å²) in [6.07, 6.45) is 2.06. The molecule has 1 aromatic rings. The second kappa shape index (κ2) is 3.22. The van der Waals surface area contributed by atoms with E-state index in [1.165, 1.54) is 0 Å². The van der Waals surface area contributed by atoms with Gasteiger partial charge in [-0.15, -0.1) is 0 Å². The number of H-pyrrole nitrogens is 1. The molecule has 70 valence electrons. The molecular formula is C9H12N2O2. The first-order chi connectivity index (χ1) is 6.27. The maximum absolute atomic E-state index is 11.6. The van der Waals surface area contributed by atoms with Crippen LogP contribution in [0.3, 0.4) is 0 Å². The molecule has 1 aliphatic rings. The highest BCUT2D eigenvalue weighted by Crippen LogP contribution is 2.11. The lowest BCUT2D eigenvalue weighted by Crippen LogP contribution is -2.29. The number of likely N-dealkylation sites (tertiary alicyclic amines) is 1. The average Bonchev–Trinajstić information content (AvgIpc) is 2.72. The number of nitrogens with one attached hydrogen (secondary N) is 1. The van der Waals surface area contributed by atoms with Gasteiger partial charge in [-0.1, -0.05) is 0 Å². The predicted octanol–water partition coefficient (Wildman–Crippen LogP) is 0.221. The molecule has 0 spiro atoms. The zero-order chi connectivity index (χ0) is 9.26. The monoisotopic (exact) mass is 180 g/mol. The van der Waals surface area contributed by atoms with E-state index in [-0.39, 0.29) is 12.0 Å². The number of aliphatic hydroxyl groups excluding tert-OH is 1. The number of rotatable bonds is 1. The Labute approximate surface area is 76.2 Å². The molecule has 4 nitrogen and oxygen atoms in total. The Morgan fingerprint density at radius 1 is 1.69 bits per heavy atom. The van der Waals surface area contributed by atoms with Crippen LogP contribution in [-0.4, -0.2) is 40.1 Å². The van der Waals surface area contributed by atoms with Crippen LogP contribution < -0.4 is 0 Å². The molecule has 2 rings (SSSR count). The van der Waals surface area contributed by atoms with Crippen LogP contribution in [0.25, 0.3) is 0 Å². The van der Waals surface area contributed by atoms with Crippen molar-refractivity contribution in [3.05, 3.63) is 24.0 Å². The van der Waals surface area contributed by atoms with E-state index in [9.17, 15) is 9.90 Å². The molecule has 0 saturated carbocycles. The molecule has 4 heteroatoms. The van der Waals surface area contributed by atoms with Gasteiger partial charge >= 0.3 is 0 Å². The van der Waals surface area contributed by atoms with Gasteiger partial charge in [0.1, 0.15) is 5.69 Å². The molecule has 2 N–H and O–H groups in total. The van der Waals surface area contributed by atoms with Gasteiger partial charge in [-0.2, -0.15) is 0 Å². The summed E-state index contributed by atoms with van der Waals surface area (Å²) in [7, 11) is 0. The molecule has 0 aromatic carbocycles. The smallest absolute Gasteiger partial charge is 0.270 e. The number of nitrogens with zero attached hydrogens (tertiary/aromatic N) is 1. The first-order valence-corrected chi connectivity index (χ1v) is 4.38. The molecule has 1 aliphatic heterocycles. The Morgan fingerprint density at radius 3 is 3.08 bits per heavy atom. The highest BCUT2D eigenvalue weighted by molar-refractivity contribution is 5.92. The summed E-state index contributed by atoms with van der Waals surface area (Å²) < 4.78 is 0. The van der Waals surface area contributed by atoms with Crippen molar-refractivity contribution in [1.82, 2.24) is 9.88 Å². The van der Waals surface area contributed by atoms with Crippen molar-refractivity contribution in [2.45, 2.75) is 12.5 Å². The third-order valence-corrected chi connectivity index (χ3v) is 2.28. The lowest BCUT2D eigenvalue weighted by molar-refractivity contribution is 0.0760. The van der Waals surface area contributed by atoms with Gasteiger partial charge in [0.25, 0.3) is 5.91 Å². The van der Waals surface area contributed by atoms with E-state index in [4.69, 9.17) is 0 Å². The number of aliphatic hydroxyl groups is 1. The van der Waals surface area contributed by atoms with Crippen molar-refractivity contribution in [1.29, 1.82) is 0 Å². The second-order valence-corrected chi connectivity index (χ2v) is 3.28. The highest BCUT2D eigenvalue weighted by atomic mass is 16.3. The first kappa shape index (κ1) is 8.31. The van der Waals surface area contributed by atoms with Crippen LogP contribution in [-0.2, 0) is 0 Å². The fourth-order valence-electron chi connectivity index (χ4n) is 1.56. The topological polar surface area (TPSA) is 56.3 Å². The van der Waals surface area contributed by atoms with Crippen molar-refractivity contribution in [3.8, 4) is 0 Å². The van der Waals surface area contributed by atoms with Crippen LogP contribution in [0.2, 0.25) is 0 Å². The van der Waals surface area contributed by atoms with Crippen molar-refractivity contribution in [3.63, 3.8) is 0 Å². The van der Waals surface area contributed by atoms with Crippen LogP contribution in [0, 0.1) is 0 Å². The van der Waals surface area contributed by atoms with Gasteiger partial charge in [0.2, 0.25) is 0 Å². The van der Waals surface area contributed by atoms with Crippen molar-refractivity contribution in [2.24, 2.45) is 0 Å². The fraction of sp³-hybridized carbons (Fsp3) is 0.444. The zero-order valence-electron chi connectivity index (χ0n) is 7.23. The van der Waals surface area contributed by atoms with E-state index < -0.39 is 0 Å². The van der Waals surface area contributed by atoms with Crippen molar-refractivity contribution >= 4 is 5.91 Å². The molecular weight excluding hydrogens is 168 g/mol. The summed E-state index contributed by atoms with van der Waals surface area (Å²) in [4.78, 5) is 16.2. The lowest BCUT2D eigenvalue weighted by atomic mass is 10.3. The van der Waals surface area contributed by atoms with Crippen LogP contribution in [0.15, 0.2) is 18.3 Å². The summed E-state index contributed by atoms with van der Waals surface area (Å²) in [5.74, 6) is -0.0263. The summed E-state index contributed by atoms with van der Waals surface area (Å²) in [6, 6.07) is 3.53. The average molecular weight is 180 g/mol. The molecule has 0 bridgehead atoms. The van der Waals surface area contributed by atoms with E-state index in [0.717, 1.165) is 0 Å². The predicted molar refractivity (Wildman–Crippen MR) is 47.3 cm³/mol. The minimum Gasteiger partial charge on any atom is -0.391 e. The van der Waals surface area contributed by atoms with E-state index in [0.29, 0.717) is 25.2 Å². The van der Waals surface area contributed by atoms with Gasteiger partial charge in [-0.05, 0) is 18.6 Å². The van der Waals surface area contributed by atoms with E-state index in [1.54, 1.807) is 23.2 Å². The largest absolute Gasteiger partial charge is 0.391 e. The normalized spacial score (nSPS) is 22.2. The Bertz CT molecular complexity index is 295. The molecule has 0 aliphatic carbocycles. The van der Waals surface area contributed by atoms with Crippen LogP contribution >= 0.6 is 0 Å². The highest BCUT2D eigenvalue weighted by Gasteiger charge is 2.25. The van der Waals surface area contributed by atoms with E-state index in [2.05, 4.69) is 4.98 Å². The number of hydrogen-bond acceptors (Lipinski definition) is 2. The molecule has 0 radical (unpaired) electrons. The van der Waals surface area contributed by atoms with E-state index in [1.807, 2.05) is 0 Å². The Hall–Kier alpha value is -1.29. The summed E-state index contributed by atoms with van der Waals surface area (Å²) >= 11 is 0. The van der Waals surface area contributed by atoms with Crippen molar-refractivity contribution < 1.29 is 9.90 Å². The SMILES string of the molecule is O=C(c1ccc[nH]1)N1CC[C@@H](O)C1. The number of amides is 1. The van der Waals surface area contributed by atoms with Crippen LogP contribution in [0.1, 0.15) is 16.9 Å². The minimum absolute atomic E-state index is 0.0263. The number of aromatic nitrogens is 1. The minimum atomic E-state index is -0.348. The summed E-state index contributed by atoms with van der Waals surface area (Å²) in [6.45, 7) is 1.11. The van der Waals surface area contributed by atoms with Gasteiger partial charge in [0.15, 0.2) is 0 Å². The van der Waals surface area contributed by atoms with Gasteiger partial charge < -0.3 is 15.0 Å². The van der Waals surface area contributed by atoms with Gasteiger partial charge in [-0.25, -0.2) is 0 Å². The molecule has 1 amide bonds. The Balaban J connectivity index is 2.06. The molecule has 13 heavy (non-hydrogen) atoms. The number of hydrogen-bond donors (Lipinski definition) is 2. The molecule has 1 aromatic heterocycles. The van der Waals surface area contributed by atoms with Gasteiger partial charge in [0.05, 0.1) is 6.10 Å². The zero-order valence-corrected chi connectivity index (χ0v) is 7.23. The third-order valence-electron chi connectivity index (χ3n) is 2.28. The number of aromatic amines is 1. The molecule has 0 unspecified atom stereocenters. The molecule has 1 atom stereocenters. The number of carbonyl (C=O) groups is 1. The Morgan fingerprint density at radius 2 is 2.54 bits per heavy atom. The standard InChI is InChI=1S/C9H12N2O2/c12-7-3-5-11(6-7)9(13)8-2-1-4-10-8/h1-2,4,7,10,12H,3,5-6H2/t7-/m1/s1. The number of β-amino-alcohol motifs (C(OH)–C–C–N with tert-alkyl or cyclic N) is 1. The first-order valence-electron chi connectivity index (χ1n) is 4.38. The van der Waals surface area contributed by atoms with Gasteiger partial charge in [-0.3, -0.25) is 4.79 Å². The Kier molecular flexibility index (Phi) is 2.06. The van der Waals surface area contributed by atoms with Gasteiger partial charge in [0, 0.05) is 19.3 Å². The van der Waals surface area contributed by atoms with Crippen LogP contribution in [0.4, 0.5) is 0 Å². The summed E-state index contributed by atoms with van der Waals surface area (Å²) in [5.41, 5.74) is 0.592. The maximum atomic E-state index is 11.6. The summed E-state index contributed by atoms with van der Waals surface area (Å²) in [5, 5.41) is 9.24. The van der Waals surface area contributed by atoms with Crippen molar-refractivity contribution in [2.75, 3.05) is 13.1 Å². The van der Waals surface area contributed by atoms with Crippen LogP contribution in [0.5, 0.6) is 0 Å². The molecule has 2 heterocycles. The van der Waals surface area contributed by atoms with E-state index >= 15 is 0 Å². The third kappa shape index (κ3) is 1.58.